The van der Waals surface area contributed by atoms with Gasteiger partial charge in [0, 0.05) is 21.7 Å². The number of carbonyl (C=O) groups is 1. The van der Waals surface area contributed by atoms with Crippen LogP contribution < -0.4 is 0 Å². The van der Waals surface area contributed by atoms with Crippen molar-refractivity contribution in [3.05, 3.63) is 78.4 Å². The minimum Gasteiger partial charge on any atom is -0.402 e. The molecule has 9 heteroatoms. The average Bonchev–Trinajstić information content (AvgIpc) is 2.91. The van der Waals surface area contributed by atoms with E-state index in [0.717, 1.165) is 0 Å². The van der Waals surface area contributed by atoms with Gasteiger partial charge >= 0.3 is 5.97 Å². The maximum Gasteiger partial charge on any atom is 0.363 e. The van der Waals surface area contributed by atoms with E-state index < -0.39 is 10.9 Å². The molecule has 1 heterocycles. The highest BCUT2D eigenvalue weighted by atomic mass is 35.5. The number of rotatable bonds is 3. The molecule has 0 saturated heterocycles. The van der Waals surface area contributed by atoms with Crippen molar-refractivity contribution < 1.29 is 14.5 Å². The summed E-state index contributed by atoms with van der Waals surface area (Å²) in [6, 6.07) is 8.78. The summed E-state index contributed by atoms with van der Waals surface area (Å²) in [5, 5.41) is 11.7. The largest absolute Gasteiger partial charge is 0.402 e. The number of esters is 1. The second kappa shape index (κ2) is 6.84. The summed E-state index contributed by atoms with van der Waals surface area (Å²) in [6.45, 7) is 0. The van der Waals surface area contributed by atoms with E-state index >= 15 is 0 Å². The Balaban J connectivity index is 1.99. The Bertz CT molecular complexity index is 970. The molecular formula is C16H7Cl3N2O4. The van der Waals surface area contributed by atoms with E-state index in [-0.39, 0.29) is 27.9 Å². The fraction of sp³-hybridized carbons (Fsp3) is 0. The van der Waals surface area contributed by atoms with Crippen molar-refractivity contribution in [2.75, 3.05) is 0 Å². The monoisotopic (exact) mass is 396 g/mol. The highest BCUT2D eigenvalue weighted by Crippen LogP contribution is 2.29. The SMILES string of the molecule is O=C1OC(c2ccc(Cl)c([N+](=O)[O-])c2)=N/C1=C\c1ccc(Cl)cc1Cl. The zero-order valence-electron chi connectivity index (χ0n) is 12.2. The predicted molar refractivity (Wildman–Crippen MR) is 95.2 cm³/mol. The average molecular weight is 398 g/mol. The van der Waals surface area contributed by atoms with Crippen LogP contribution in [0.3, 0.4) is 0 Å². The number of hydrogen-bond donors (Lipinski definition) is 0. The first-order chi connectivity index (χ1) is 11.8. The lowest BCUT2D eigenvalue weighted by molar-refractivity contribution is -0.384. The number of nitro benzene ring substituents is 1. The molecule has 6 nitrogen and oxygen atoms in total. The van der Waals surface area contributed by atoms with E-state index in [1.54, 1.807) is 12.1 Å². The normalized spacial score (nSPS) is 15.2. The molecule has 0 amide bonds. The molecular weight excluding hydrogens is 391 g/mol. The Morgan fingerprint density at radius 3 is 2.52 bits per heavy atom. The molecule has 0 radical (unpaired) electrons. The fourth-order valence-electron chi connectivity index (χ4n) is 2.08. The fourth-order valence-corrected chi connectivity index (χ4v) is 2.73. The number of halogens is 3. The third kappa shape index (κ3) is 3.66. The van der Waals surface area contributed by atoms with Crippen molar-refractivity contribution in [1.82, 2.24) is 0 Å². The molecule has 1 aliphatic heterocycles. The molecule has 0 bridgehead atoms. The molecule has 126 valence electrons. The van der Waals surface area contributed by atoms with Crippen molar-refractivity contribution in [3.8, 4) is 0 Å². The van der Waals surface area contributed by atoms with Gasteiger partial charge < -0.3 is 4.74 Å². The summed E-state index contributed by atoms with van der Waals surface area (Å²) < 4.78 is 5.08. The topological polar surface area (TPSA) is 81.8 Å². The van der Waals surface area contributed by atoms with E-state index in [1.165, 1.54) is 30.3 Å². The third-order valence-corrected chi connectivity index (χ3v) is 4.15. The van der Waals surface area contributed by atoms with Crippen LogP contribution in [0.1, 0.15) is 11.1 Å². The standard InChI is InChI=1S/C16H7Cl3N2O4/c17-10-3-1-8(12(19)7-10)5-13-16(22)25-15(20-13)9-2-4-11(18)14(6-9)21(23)24/h1-7H/b13-5-. The van der Waals surface area contributed by atoms with Gasteiger partial charge in [-0.1, -0.05) is 40.9 Å². The van der Waals surface area contributed by atoms with Crippen LogP contribution >= 0.6 is 34.8 Å². The number of carbonyl (C=O) groups excluding carboxylic acids is 1. The predicted octanol–water partition coefficient (Wildman–Crippen LogP) is 4.90. The zero-order valence-corrected chi connectivity index (χ0v) is 14.5. The van der Waals surface area contributed by atoms with Gasteiger partial charge in [0.15, 0.2) is 5.70 Å². The Kier molecular flexibility index (Phi) is 4.76. The summed E-state index contributed by atoms with van der Waals surface area (Å²) in [4.78, 5) is 26.4. The number of hydrogen-bond acceptors (Lipinski definition) is 5. The van der Waals surface area contributed by atoms with Crippen molar-refractivity contribution in [3.63, 3.8) is 0 Å². The number of nitrogens with zero attached hydrogens (tertiary/aromatic N) is 2. The van der Waals surface area contributed by atoms with Crippen molar-refractivity contribution in [1.29, 1.82) is 0 Å². The van der Waals surface area contributed by atoms with E-state index in [1.807, 2.05) is 0 Å². The summed E-state index contributed by atoms with van der Waals surface area (Å²) in [7, 11) is 0. The minimum absolute atomic E-state index is 0.0109. The molecule has 1 aliphatic rings. The van der Waals surface area contributed by atoms with Gasteiger partial charge in [-0.05, 0) is 35.9 Å². The lowest BCUT2D eigenvalue weighted by Gasteiger charge is -2.00. The summed E-state index contributed by atoms with van der Waals surface area (Å²) in [6.07, 6.45) is 1.44. The van der Waals surface area contributed by atoms with Crippen molar-refractivity contribution in [2.24, 2.45) is 4.99 Å². The first-order valence-electron chi connectivity index (χ1n) is 6.77. The Morgan fingerprint density at radius 2 is 1.84 bits per heavy atom. The number of ether oxygens (including phenoxy) is 1. The molecule has 2 aromatic carbocycles. The van der Waals surface area contributed by atoms with Gasteiger partial charge in [-0.15, -0.1) is 0 Å². The molecule has 0 aromatic heterocycles. The van der Waals surface area contributed by atoms with E-state index in [2.05, 4.69) is 4.99 Å². The van der Waals surface area contributed by atoms with Crippen LogP contribution in [-0.2, 0) is 9.53 Å². The van der Waals surface area contributed by atoms with Crippen LogP contribution in [0, 0.1) is 10.1 Å². The quantitative estimate of drug-likeness (QED) is 0.319. The molecule has 3 rings (SSSR count). The zero-order chi connectivity index (χ0) is 18.1. The second-order valence-electron chi connectivity index (χ2n) is 4.93. The molecule has 0 fully saturated rings. The lowest BCUT2D eigenvalue weighted by Crippen LogP contribution is -2.06. The van der Waals surface area contributed by atoms with Crippen molar-refractivity contribution in [2.45, 2.75) is 0 Å². The molecule has 0 spiro atoms. The number of benzene rings is 2. The summed E-state index contributed by atoms with van der Waals surface area (Å²) >= 11 is 17.7. The molecule has 0 aliphatic carbocycles. The van der Waals surface area contributed by atoms with Gasteiger partial charge in [-0.2, -0.15) is 0 Å². The molecule has 25 heavy (non-hydrogen) atoms. The lowest BCUT2D eigenvalue weighted by atomic mass is 10.2. The van der Waals surface area contributed by atoms with Crippen molar-refractivity contribution >= 4 is 58.4 Å². The second-order valence-corrected chi connectivity index (χ2v) is 6.18. The van der Waals surface area contributed by atoms with Crippen LogP contribution in [0.4, 0.5) is 5.69 Å². The van der Waals surface area contributed by atoms with Gasteiger partial charge in [0.1, 0.15) is 5.02 Å². The maximum absolute atomic E-state index is 12.0. The van der Waals surface area contributed by atoms with Crippen LogP contribution in [0.5, 0.6) is 0 Å². The first kappa shape index (κ1) is 17.4. The number of nitro groups is 1. The van der Waals surface area contributed by atoms with Crippen LogP contribution in [0.15, 0.2) is 47.1 Å². The Hall–Kier alpha value is -2.41. The van der Waals surface area contributed by atoms with E-state index in [0.29, 0.717) is 15.6 Å². The van der Waals surface area contributed by atoms with E-state index in [4.69, 9.17) is 39.5 Å². The van der Waals surface area contributed by atoms with E-state index in [9.17, 15) is 14.9 Å². The van der Waals surface area contributed by atoms with Gasteiger partial charge in [0.2, 0.25) is 5.90 Å². The molecule has 2 aromatic rings. The number of cyclic esters (lactones) is 1. The first-order valence-corrected chi connectivity index (χ1v) is 7.90. The van der Waals surface area contributed by atoms with Crippen LogP contribution in [-0.4, -0.2) is 16.8 Å². The molecule has 0 N–H and O–H groups in total. The van der Waals surface area contributed by atoms with Gasteiger partial charge in [0.05, 0.1) is 4.92 Å². The Labute approximate surface area is 156 Å². The van der Waals surface area contributed by atoms with Crippen LogP contribution in [0.25, 0.3) is 6.08 Å². The summed E-state index contributed by atoms with van der Waals surface area (Å²) in [5.74, 6) is -0.750. The summed E-state index contributed by atoms with van der Waals surface area (Å²) in [5.41, 5.74) is 0.494. The maximum atomic E-state index is 12.0. The third-order valence-electron chi connectivity index (χ3n) is 3.27. The van der Waals surface area contributed by atoms with Gasteiger partial charge in [0.25, 0.3) is 5.69 Å². The minimum atomic E-state index is -0.696. The number of aliphatic imine (C=N–C) groups is 1. The van der Waals surface area contributed by atoms with Crippen LogP contribution in [0.2, 0.25) is 15.1 Å². The van der Waals surface area contributed by atoms with Gasteiger partial charge in [-0.25, -0.2) is 9.79 Å². The smallest absolute Gasteiger partial charge is 0.363 e. The molecule has 0 atom stereocenters. The molecule has 0 saturated carbocycles. The highest BCUT2D eigenvalue weighted by molar-refractivity contribution is 6.35. The Morgan fingerprint density at radius 1 is 1.08 bits per heavy atom. The molecule has 0 unspecified atom stereocenters. The highest BCUT2D eigenvalue weighted by Gasteiger charge is 2.26. The van der Waals surface area contributed by atoms with Gasteiger partial charge in [-0.3, -0.25) is 10.1 Å².